The number of rotatable bonds is 2. The van der Waals surface area contributed by atoms with Crippen LogP contribution in [-0.4, -0.2) is 80.1 Å². The molecule has 2 aliphatic heterocycles. The van der Waals surface area contributed by atoms with Crippen LogP contribution in [0.1, 0.15) is 12.8 Å². The van der Waals surface area contributed by atoms with Gasteiger partial charge in [-0.2, -0.15) is 0 Å². The minimum atomic E-state index is 0.246. The van der Waals surface area contributed by atoms with Crippen molar-refractivity contribution in [2.45, 2.75) is 18.9 Å². The highest BCUT2D eigenvalue weighted by Crippen LogP contribution is 2.19. The molecule has 0 bridgehead atoms. The fourth-order valence-corrected chi connectivity index (χ4v) is 2.74. The molecule has 2 saturated heterocycles. The minimum Gasteiger partial charge on any atom is -0.322 e. The van der Waals surface area contributed by atoms with E-state index in [2.05, 4.69) is 29.2 Å². The maximum absolute atomic E-state index is 12.4. The van der Waals surface area contributed by atoms with Crippen LogP contribution in [0.2, 0.25) is 0 Å². The van der Waals surface area contributed by atoms with Crippen molar-refractivity contribution >= 4 is 6.03 Å². The molecule has 98 valence electrons. The lowest BCUT2D eigenvalue weighted by molar-refractivity contribution is 0.135. The summed E-state index contributed by atoms with van der Waals surface area (Å²) in [4.78, 5) is 18.6. The number of piperazine rings is 1. The highest BCUT2D eigenvalue weighted by Gasteiger charge is 2.32. The van der Waals surface area contributed by atoms with E-state index < -0.39 is 0 Å². The van der Waals surface area contributed by atoms with Gasteiger partial charge in [0, 0.05) is 45.3 Å². The lowest BCUT2D eigenvalue weighted by atomic mass is 10.2. The molecule has 5 heteroatoms. The van der Waals surface area contributed by atoms with Gasteiger partial charge in [-0.25, -0.2) is 4.79 Å². The third kappa shape index (κ3) is 3.10. The summed E-state index contributed by atoms with van der Waals surface area (Å²) in [6, 6.07) is 0.656. The van der Waals surface area contributed by atoms with Crippen LogP contribution in [0.5, 0.6) is 0 Å². The summed E-state index contributed by atoms with van der Waals surface area (Å²) >= 11 is 0. The Morgan fingerprint density at radius 2 is 2.00 bits per heavy atom. The van der Waals surface area contributed by atoms with E-state index in [0.717, 1.165) is 52.1 Å². The average molecular weight is 240 g/mol. The summed E-state index contributed by atoms with van der Waals surface area (Å²) in [7, 11) is 4.15. The Kier molecular flexibility index (Phi) is 4.23. The topological polar surface area (TPSA) is 38.8 Å². The highest BCUT2D eigenvalue weighted by molar-refractivity contribution is 5.75. The zero-order valence-electron chi connectivity index (χ0n) is 11.0. The van der Waals surface area contributed by atoms with Crippen LogP contribution >= 0.6 is 0 Å². The van der Waals surface area contributed by atoms with E-state index in [1.165, 1.54) is 0 Å². The van der Waals surface area contributed by atoms with Crippen LogP contribution in [0.4, 0.5) is 4.79 Å². The molecule has 2 amide bonds. The fourth-order valence-electron chi connectivity index (χ4n) is 2.74. The van der Waals surface area contributed by atoms with E-state index >= 15 is 0 Å². The third-order valence-electron chi connectivity index (χ3n) is 3.59. The molecule has 1 unspecified atom stereocenters. The number of hydrogen-bond acceptors (Lipinski definition) is 3. The number of amides is 2. The van der Waals surface area contributed by atoms with Gasteiger partial charge >= 0.3 is 6.03 Å². The molecule has 0 saturated carbocycles. The predicted molar refractivity (Wildman–Crippen MR) is 68.1 cm³/mol. The third-order valence-corrected chi connectivity index (χ3v) is 3.59. The molecule has 0 radical (unpaired) electrons. The van der Waals surface area contributed by atoms with Crippen molar-refractivity contribution in [2.75, 3.05) is 53.4 Å². The van der Waals surface area contributed by atoms with Crippen molar-refractivity contribution in [1.82, 2.24) is 20.0 Å². The first-order valence-electron chi connectivity index (χ1n) is 6.59. The van der Waals surface area contributed by atoms with Gasteiger partial charge in [-0.05, 0) is 26.9 Å². The van der Waals surface area contributed by atoms with Gasteiger partial charge in [0.2, 0.25) is 0 Å². The largest absolute Gasteiger partial charge is 0.322 e. The quantitative estimate of drug-likeness (QED) is 0.740. The van der Waals surface area contributed by atoms with Gasteiger partial charge in [-0.15, -0.1) is 0 Å². The first-order valence-corrected chi connectivity index (χ1v) is 6.59. The lowest BCUT2D eigenvalue weighted by Crippen LogP contribution is -2.53. The zero-order chi connectivity index (χ0) is 12.3. The van der Waals surface area contributed by atoms with Crippen LogP contribution in [0.15, 0.2) is 0 Å². The Morgan fingerprint density at radius 1 is 1.29 bits per heavy atom. The molecule has 2 aliphatic rings. The molecule has 2 fully saturated rings. The molecular weight excluding hydrogens is 216 g/mol. The molecule has 0 aromatic heterocycles. The second-order valence-corrected chi connectivity index (χ2v) is 5.27. The summed E-state index contributed by atoms with van der Waals surface area (Å²) in [5.41, 5.74) is 0. The standard InChI is InChI=1S/C12H24N4O/c1-14(2)10-11-4-3-7-16(11)12(17)15-8-5-13-6-9-15/h11,13H,3-10H2,1-2H3. The Morgan fingerprint density at radius 3 is 2.65 bits per heavy atom. The van der Waals surface area contributed by atoms with Crippen molar-refractivity contribution in [3.8, 4) is 0 Å². The smallest absolute Gasteiger partial charge is 0.320 e. The van der Waals surface area contributed by atoms with Gasteiger partial charge in [0.25, 0.3) is 0 Å². The summed E-state index contributed by atoms with van der Waals surface area (Å²) < 4.78 is 0. The maximum Gasteiger partial charge on any atom is 0.320 e. The van der Waals surface area contributed by atoms with Gasteiger partial charge < -0.3 is 20.0 Å². The van der Waals surface area contributed by atoms with Crippen LogP contribution in [-0.2, 0) is 0 Å². The van der Waals surface area contributed by atoms with Gasteiger partial charge in [0.15, 0.2) is 0 Å². The van der Waals surface area contributed by atoms with Crippen LogP contribution < -0.4 is 5.32 Å². The van der Waals surface area contributed by atoms with E-state index in [-0.39, 0.29) is 6.03 Å². The molecule has 0 aromatic rings. The Bertz CT molecular complexity index is 263. The number of likely N-dealkylation sites (N-methyl/N-ethyl adjacent to an activating group) is 1. The zero-order valence-corrected chi connectivity index (χ0v) is 11.0. The van der Waals surface area contributed by atoms with E-state index in [1.807, 2.05) is 4.90 Å². The van der Waals surface area contributed by atoms with Crippen molar-refractivity contribution in [3.05, 3.63) is 0 Å². The van der Waals surface area contributed by atoms with Crippen molar-refractivity contribution in [2.24, 2.45) is 0 Å². The van der Waals surface area contributed by atoms with Crippen LogP contribution in [0.3, 0.4) is 0 Å². The Balaban J connectivity index is 1.92. The number of nitrogens with one attached hydrogen (secondary N) is 1. The minimum absolute atomic E-state index is 0.246. The van der Waals surface area contributed by atoms with Gasteiger partial charge in [0.05, 0.1) is 0 Å². The summed E-state index contributed by atoms with van der Waals surface area (Å²) in [5.74, 6) is 0. The van der Waals surface area contributed by atoms with E-state index in [0.29, 0.717) is 6.04 Å². The second kappa shape index (κ2) is 5.69. The summed E-state index contributed by atoms with van der Waals surface area (Å²) in [6.45, 7) is 5.48. The fraction of sp³-hybridized carbons (Fsp3) is 0.917. The number of likely N-dealkylation sites (tertiary alicyclic amines) is 1. The summed E-state index contributed by atoms with van der Waals surface area (Å²) in [6.07, 6.45) is 2.30. The van der Waals surface area contributed by atoms with Crippen LogP contribution in [0.25, 0.3) is 0 Å². The number of carbonyl (C=O) groups excluding carboxylic acids is 1. The number of urea groups is 1. The maximum atomic E-state index is 12.4. The Hall–Kier alpha value is -0.810. The molecule has 1 N–H and O–H groups in total. The van der Waals surface area contributed by atoms with Gasteiger partial charge in [0.1, 0.15) is 0 Å². The highest BCUT2D eigenvalue weighted by atomic mass is 16.2. The first-order chi connectivity index (χ1) is 8.18. The van der Waals surface area contributed by atoms with Crippen molar-refractivity contribution in [1.29, 1.82) is 0 Å². The molecule has 1 atom stereocenters. The van der Waals surface area contributed by atoms with Gasteiger partial charge in [-0.3, -0.25) is 0 Å². The number of hydrogen-bond donors (Lipinski definition) is 1. The molecule has 0 aliphatic carbocycles. The van der Waals surface area contributed by atoms with E-state index in [4.69, 9.17) is 0 Å². The normalized spacial score (nSPS) is 25.7. The SMILES string of the molecule is CN(C)CC1CCCN1C(=O)N1CCNCC1. The van der Waals surface area contributed by atoms with Crippen molar-refractivity contribution in [3.63, 3.8) is 0 Å². The molecule has 0 spiro atoms. The molecule has 0 aromatic carbocycles. The monoisotopic (exact) mass is 240 g/mol. The van der Waals surface area contributed by atoms with Crippen molar-refractivity contribution < 1.29 is 4.79 Å². The molecule has 5 nitrogen and oxygen atoms in total. The Labute approximate surface area is 104 Å². The number of nitrogens with zero attached hydrogens (tertiary/aromatic N) is 3. The molecule has 2 rings (SSSR count). The average Bonchev–Trinajstić information content (AvgIpc) is 2.76. The predicted octanol–water partition coefficient (Wildman–Crippen LogP) is 0.0376. The molecule has 17 heavy (non-hydrogen) atoms. The summed E-state index contributed by atoms with van der Waals surface area (Å²) in [5, 5.41) is 3.28. The van der Waals surface area contributed by atoms with E-state index in [1.54, 1.807) is 0 Å². The van der Waals surface area contributed by atoms with Crippen LogP contribution in [0, 0.1) is 0 Å². The second-order valence-electron chi connectivity index (χ2n) is 5.27. The number of carbonyl (C=O) groups is 1. The molecular formula is C12H24N4O. The molecule has 2 heterocycles. The van der Waals surface area contributed by atoms with Gasteiger partial charge in [-0.1, -0.05) is 0 Å². The first kappa shape index (κ1) is 12.6. The van der Waals surface area contributed by atoms with E-state index in [9.17, 15) is 4.79 Å². The lowest BCUT2D eigenvalue weighted by Gasteiger charge is -2.35.